The Morgan fingerprint density at radius 3 is 2.59 bits per heavy atom. The number of aromatic nitrogens is 2. The molecule has 1 amide bonds. The van der Waals surface area contributed by atoms with E-state index in [-0.39, 0.29) is 25.4 Å². The van der Waals surface area contributed by atoms with Crippen LogP contribution in [-0.2, 0) is 33.4 Å². The lowest BCUT2D eigenvalue weighted by Gasteiger charge is -2.20. The smallest absolute Gasteiger partial charge is 0.347 e. The molecule has 0 saturated heterocycles. The largest absolute Gasteiger partial charge is 0.459 e. The summed E-state index contributed by atoms with van der Waals surface area (Å²) in [7, 11) is 0. The lowest BCUT2D eigenvalue weighted by molar-refractivity contribution is -0.176. The highest BCUT2D eigenvalue weighted by atomic mass is 79.9. The van der Waals surface area contributed by atoms with Crippen LogP contribution in [0.4, 0.5) is 5.69 Å². The number of carbonyl (C=O) groups is 4. The second-order valence-corrected chi connectivity index (χ2v) is 8.65. The zero-order valence-corrected chi connectivity index (χ0v) is 21.9. The summed E-state index contributed by atoms with van der Waals surface area (Å²) in [4.78, 5) is 63.1. The van der Waals surface area contributed by atoms with Crippen LogP contribution in [0.25, 0.3) is 11.0 Å². The average molecular weight is 576 g/mol. The Hall–Kier alpha value is -3.87. The highest BCUT2D eigenvalue weighted by molar-refractivity contribution is 9.10. The zero-order chi connectivity index (χ0) is 26.9. The number of hydrogen-bond donors (Lipinski definition) is 1. The average Bonchev–Trinajstić information content (AvgIpc) is 3.35. The summed E-state index contributed by atoms with van der Waals surface area (Å²) in [5, 5.41) is 3.13. The molecule has 12 nitrogen and oxygen atoms in total. The van der Waals surface area contributed by atoms with Gasteiger partial charge in [-0.05, 0) is 41.9 Å². The number of nitrogens with one attached hydrogen (secondary N) is 1. The molecule has 2 aromatic rings. The number of carbonyl (C=O) groups excluding carboxylic acids is 4. The van der Waals surface area contributed by atoms with Crippen molar-refractivity contribution >= 4 is 62.4 Å². The molecule has 0 bridgehead atoms. The van der Waals surface area contributed by atoms with Gasteiger partial charge in [-0.2, -0.15) is 0 Å². The molecule has 1 aromatic carbocycles. The van der Waals surface area contributed by atoms with Gasteiger partial charge in [-0.25, -0.2) is 9.59 Å². The van der Waals surface area contributed by atoms with Gasteiger partial charge in [-0.1, -0.05) is 12.7 Å². The molecule has 0 spiro atoms. The van der Waals surface area contributed by atoms with Gasteiger partial charge in [-0.3, -0.25) is 29.4 Å². The fraction of sp³-hybridized carbons (Fsp3) is 0.375. The second-order valence-electron chi connectivity index (χ2n) is 7.86. The van der Waals surface area contributed by atoms with Crippen molar-refractivity contribution in [3.05, 3.63) is 41.7 Å². The van der Waals surface area contributed by atoms with E-state index >= 15 is 0 Å². The van der Waals surface area contributed by atoms with Crippen LogP contribution >= 0.6 is 15.9 Å². The Bertz CT molecular complexity index is 1240. The van der Waals surface area contributed by atoms with Gasteiger partial charge in [-0.15, -0.1) is 0 Å². The number of esters is 3. The minimum atomic E-state index is -1.27. The standard InChI is InChI=1S/C24H26BrN5O7/c1-4-13-35-22(33)14(2)37-23(34)15(3)36-19(32)8-7-18(31)30-12-11-28-24(30)29-16-5-6-17-21(20(16)25)27-10-9-26-17/h4-6,9-10,14-15H,1,7-8,11-13H2,2-3H3,(H,28,29). The number of fused-ring (bicyclic) bond motifs is 1. The molecule has 1 aliphatic rings. The second kappa shape index (κ2) is 12.9. The Kier molecular flexibility index (Phi) is 9.66. The SMILES string of the molecule is C=CCOC(=O)C(C)OC(=O)C(C)OC(=O)CCC(=O)N1CCN=C1Nc1ccc2nccnc2c1Br. The number of rotatable bonds is 10. The van der Waals surface area contributed by atoms with Crippen molar-refractivity contribution < 1.29 is 33.4 Å². The fourth-order valence-electron chi connectivity index (χ4n) is 3.24. The van der Waals surface area contributed by atoms with E-state index in [1.807, 2.05) is 0 Å². The van der Waals surface area contributed by atoms with Crippen LogP contribution in [0.3, 0.4) is 0 Å². The number of hydrogen-bond acceptors (Lipinski definition) is 11. The lowest BCUT2D eigenvalue weighted by atomic mass is 10.2. The molecule has 0 saturated carbocycles. The van der Waals surface area contributed by atoms with E-state index in [1.165, 1.54) is 24.8 Å². The Morgan fingerprint density at radius 1 is 1.11 bits per heavy atom. The van der Waals surface area contributed by atoms with Crippen molar-refractivity contribution in [1.82, 2.24) is 14.9 Å². The first-order valence-corrected chi connectivity index (χ1v) is 12.2. The first-order chi connectivity index (χ1) is 17.7. The summed E-state index contributed by atoms with van der Waals surface area (Å²) >= 11 is 3.51. The van der Waals surface area contributed by atoms with E-state index in [4.69, 9.17) is 14.2 Å². The van der Waals surface area contributed by atoms with E-state index in [2.05, 4.69) is 42.8 Å². The normalized spacial score (nSPS) is 14.4. The Labute approximate surface area is 221 Å². The van der Waals surface area contributed by atoms with Gasteiger partial charge >= 0.3 is 17.9 Å². The van der Waals surface area contributed by atoms with Crippen LogP contribution in [0.2, 0.25) is 0 Å². The summed E-state index contributed by atoms with van der Waals surface area (Å²) in [5.41, 5.74) is 2.02. The van der Waals surface area contributed by atoms with Crippen molar-refractivity contribution in [2.45, 2.75) is 38.9 Å². The predicted molar refractivity (Wildman–Crippen MR) is 136 cm³/mol. The topological polar surface area (TPSA) is 149 Å². The van der Waals surface area contributed by atoms with Gasteiger partial charge in [0.15, 0.2) is 12.2 Å². The number of anilines is 1. The summed E-state index contributed by atoms with van der Waals surface area (Å²) < 4.78 is 15.5. The number of nitrogens with zero attached hydrogens (tertiary/aromatic N) is 4. The lowest BCUT2D eigenvalue weighted by Crippen LogP contribution is -2.38. The number of amides is 1. The summed E-state index contributed by atoms with van der Waals surface area (Å²) in [6, 6.07) is 3.59. The molecule has 0 radical (unpaired) electrons. The van der Waals surface area contributed by atoms with Crippen LogP contribution in [0, 0.1) is 0 Å². The van der Waals surface area contributed by atoms with Gasteiger partial charge in [0.05, 0.1) is 28.6 Å². The summed E-state index contributed by atoms with van der Waals surface area (Å²) in [6.45, 7) is 6.80. The third-order valence-corrected chi connectivity index (χ3v) is 5.92. The summed E-state index contributed by atoms with van der Waals surface area (Å²) in [5.74, 6) is -2.42. The first-order valence-electron chi connectivity index (χ1n) is 11.4. The van der Waals surface area contributed by atoms with E-state index in [0.29, 0.717) is 40.2 Å². The van der Waals surface area contributed by atoms with Crippen LogP contribution in [0.15, 0.2) is 46.6 Å². The first kappa shape index (κ1) is 27.7. The molecule has 13 heteroatoms. The number of ether oxygens (including phenoxy) is 3. The molecule has 1 aromatic heterocycles. The molecule has 1 aliphatic heterocycles. The van der Waals surface area contributed by atoms with Crippen LogP contribution in [0.1, 0.15) is 26.7 Å². The maximum Gasteiger partial charge on any atom is 0.347 e. The predicted octanol–water partition coefficient (Wildman–Crippen LogP) is 2.38. The molecule has 0 aliphatic carbocycles. The molecule has 37 heavy (non-hydrogen) atoms. The van der Waals surface area contributed by atoms with E-state index < -0.39 is 30.1 Å². The van der Waals surface area contributed by atoms with Gasteiger partial charge < -0.3 is 19.5 Å². The van der Waals surface area contributed by atoms with Crippen LogP contribution in [0.5, 0.6) is 0 Å². The molecule has 3 rings (SSSR count). The molecule has 2 atom stereocenters. The van der Waals surface area contributed by atoms with Crippen molar-refractivity contribution in [3.8, 4) is 0 Å². The minimum absolute atomic E-state index is 0.0214. The van der Waals surface area contributed by atoms with E-state index in [0.717, 1.165) is 0 Å². The van der Waals surface area contributed by atoms with Crippen molar-refractivity contribution in [2.75, 3.05) is 25.0 Å². The highest BCUT2D eigenvalue weighted by Crippen LogP contribution is 2.29. The zero-order valence-electron chi connectivity index (χ0n) is 20.3. The van der Waals surface area contributed by atoms with Gasteiger partial charge in [0, 0.05) is 25.4 Å². The third-order valence-electron chi connectivity index (χ3n) is 5.12. The number of benzene rings is 1. The van der Waals surface area contributed by atoms with E-state index in [1.54, 1.807) is 24.5 Å². The number of aliphatic imine (C=N–C) groups is 1. The number of guanidine groups is 1. The maximum absolute atomic E-state index is 12.8. The monoisotopic (exact) mass is 575 g/mol. The highest BCUT2D eigenvalue weighted by Gasteiger charge is 2.28. The van der Waals surface area contributed by atoms with Gasteiger partial charge in [0.2, 0.25) is 11.9 Å². The molecular formula is C24H26BrN5O7. The van der Waals surface area contributed by atoms with Crippen molar-refractivity contribution in [3.63, 3.8) is 0 Å². The fourth-order valence-corrected chi connectivity index (χ4v) is 3.78. The minimum Gasteiger partial charge on any atom is -0.459 e. The molecule has 0 fully saturated rings. The molecule has 196 valence electrons. The van der Waals surface area contributed by atoms with Crippen molar-refractivity contribution in [2.24, 2.45) is 4.99 Å². The Morgan fingerprint density at radius 2 is 1.84 bits per heavy atom. The molecular weight excluding hydrogens is 550 g/mol. The quantitative estimate of drug-likeness (QED) is 0.254. The maximum atomic E-state index is 12.8. The third kappa shape index (κ3) is 7.32. The van der Waals surface area contributed by atoms with Gasteiger partial charge in [0.25, 0.3) is 0 Å². The Balaban J connectivity index is 1.49. The number of halogens is 1. The molecule has 2 heterocycles. The van der Waals surface area contributed by atoms with Crippen LogP contribution < -0.4 is 5.32 Å². The molecule has 2 unspecified atom stereocenters. The van der Waals surface area contributed by atoms with Crippen molar-refractivity contribution in [1.29, 1.82) is 0 Å². The molecule has 1 N–H and O–H groups in total. The van der Waals surface area contributed by atoms with Gasteiger partial charge in [0.1, 0.15) is 12.1 Å². The van der Waals surface area contributed by atoms with E-state index in [9.17, 15) is 19.2 Å². The summed E-state index contributed by atoms with van der Waals surface area (Å²) in [6.07, 6.45) is 1.70. The van der Waals surface area contributed by atoms with Crippen LogP contribution in [-0.4, -0.2) is 76.5 Å².